The van der Waals surface area contributed by atoms with E-state index in [0.29, 0.717) is 32.0 Å². The van der Waals surface area contributed by atoms with Crippen molar-refractivity contribution < 1.29 is 19.1 Å². The molecule has 0 bridgehead atoms. The van der Waals surface area contributed by atoms with Crippen LogP contribution in [0.15, 0.2) is 24.3 Å². The predicted molar refractivity (Wildman–Crippen MR) is 135 cm³/mol. The second-order valence-electron chi connectivity index (χ2n) is 10.2. The highest BCUT2D eigenvalue weighted by atomic mass is 16.5. The summed E-state index contributed by atoms with van der Waals surface area (Å²) in [6.07, 6.45) is 7.12. The van der Waals surface area contributed by atoms with E-state index in [1.54, 1.807) is 12.0 Å². The lowest BCUT2D eigenvalue weighted by Gasteiger charge is -2.34. The molecule has 2 heterocycles. The van der Waals surface area contributed by atoms with Crippen LogP contribution in [0.3, 0.4) is 0 Å². The molecule has 2 atom stereocenters. The molecule has 2 saturated heterocycles. The Balaban J connectivity index is 1.55. The number of carbonyl (C=O) groups excluding carboxylic acids is 2. The summed E-state index contributed by atoms with van der Waals surface area (Å²) >= 11 is 0. The van der Waals surface area contributed by atoms with E-state index in [1.807, 2.05) is 17.0 Å². The van der Waals surface area contributed by atoms with Gasteiger partial charge < -0.3 is 24.6 Å². The SMILES string of the molecule is COCC(=O)N1CC(N(Cc2cccc(OC)c2)CC2CCCCC2)CC1C(=O)N1CCNCC1. The van der Waals surface area contributed by atoms with E-state index < -0.39 is 6.04 Å². The van der Waals surface area contributed by atoms with Crippen LogP contribution < -0.4 is 10.1 Å². The molecule has 0 spiro atoms. The Morgan fingerprint density at radius 2 is 1.89 bits per heavy atom. The van der Waals surface area contributed by atoms with Gasteiger partial charge in [-0.3, -0.25) is 14.5 Å². The van der Waals surface area contributed by atoms with Crippen molar-refractivity contribution in [2.75, 3.05) is 60.1 Å². The number of piperazine rings is 1. The average molecular weight is 487 g/mol. The molecule has 2 unspecified atom stereocenters. The van der Waals surface area contributed by atoms with Crippen LogP contribution in [0, 0.1) is 5.92 Å². The van der Waals surface area contributed by atoms with Crippen LogP contribution in [0.1, 0.15) is 44.1 Å². The molecule has 2 aliphatic heterocycles. The number of benzene rings is 1. The third-order valence-corrected chi connectivity index (χ3v) is 7.83. The molecule has 194 valence electrons. The second kappa shape index (κ2) is 12.7. The zero-order chi connectivity index (χ0) is 24.6. The van der Waals surface area contributed by atoms with E-state index in [1.165, 1.54) is 44.8 Å². The molecular formula is C27H42N4O4. The molecule has 35 heavy (non-hydrogen) atoms. The van der Waals surface area contributed by atoms with Gasteiger partial charge in [-0.2, -0.15) is 0 Å². The minimum atomic E-state index is -0.417. The molecule has 0 aromatic heterocycles. The van der Waals surface area contributed by atoms with Crippen molar-refractivity contribution in [3.8, 4) is 5.75 Å². The molecule has 1 aromatic carbocycles. The first kappa shape index (κ1) is 25.9. The number of hydrogen-bond donors (Lipinski definition) is 1. The Kier molecular flexibility index (Phi) is 9.40. The summed E-state index contributed by atoms with van der Waals surface area (Å²) in [7, 11) is 3.23. The Labute approximate surface area is 209 Å². The van der Waals surface area contributed by atoms with E-state index in [2.05, 4.69) is 22.3 Å². The van der Waals surface area contributed by atoms with Gasteiger partial charge in [0.15, 0.2) is 0 Å². The summed E-state index contributed by atoms with van der Waals surface area (Å²) in [5, 5.41) is 3.31. The first-order chi connectivity index (χ1) is 17.1. The normalized spacial score (nSPS) is 23.6. The molecule has 3 fully saturated rings. The van der Waals surface area contributed by atoms with Crippen LogP contribution in [0.5, 0.6) is 5.75 Å². The summed E-state index contributed by atoms with van der Waals surface area (Å²) in [5.41, 5.74) is 1.20. The maximum atomic E-state index is 13.5. The van der Waals surface area contributed by atoms with Gasteiger partial charge in [0.25, 0.3) is 0 Å². The van der Waals surface area contributed by atoms with Crippen LogP contribution in [0.25, 0.3) is 0 Å². The first-order valence-corrected chi connectivity index (χ1v) is 13.2. The number of nitrogens with one attached hydrogen (secondary N) is 1. The summed E-state index contributed by atoms with van der Waals surface area (Å²) in [5.74, 6) is 1.51. The summed E-state index contributed by atoms with van der Waals surface area (Å²) in [4.78, 5) is 32.8. The Morgan fingerprint density at radius 1 is 1.11 bits per heavy atom. The van der Waals surface area contributed by atoms with Crippen molar-refractivity contribution >= 4 is 11.8 Å². The predicted octanol–water partition coefficient (Wildman–Crippen LogP) is 2.13. The van der Waals surface area contributed by atoms with Gasteiger partial charge in [0.1, 0.15) is 18.4 Å². The molecule has 8 nitrogen and oxygen atoms in total. The fraction of sp³-hybridized carbons (Fsp3) is 0.704. The monoisotopic (exact) mass is 486 g/mol. The van der Waals surface area contributed by atoms with Crippen molar-refractivity contribution in [2.45, 2.75) is 57.2 Å². The van der Waals surface area contributed by atoms with Crippen molar-refractivity contribution in [3.05, 3.63) is 29.8 Å². The molecular weight excluding hydrogens is 444 g/mol. The molecule has 2 amide bonds. The van der Waals surface area contributed by atoms with E-state index in [4.69, 9.17) is 9.47 Å². The van der Waals surface area contributed by atoms with E-state index in [9.17, 15) is 9.59 Å². The zero-order valence-electron chi connectivity index (χ0n) is 21.4. The third-order valence-electron chi connectivity index (χ3n) is 7.83. The minimum absolute atomic E-state index is 0.0105. The highest BCUT2D eigenvalue weighted by Gasteiger charge is 2.43. The molecule has 1 aliphatic carbocycles. The van der Waals surface area contributed by atoms with Gasteiger partial charge >= 0.3 is 0 Å². The number of hydrogen-bond acceptors (Lipinski definition) is 6. The molecule has 0 radical (unpaired) electrons. The largest absolute Gasteiger partial charge is 0.497 e. The quantitative estimate of drug-likeness (QED) is 0.577. The van der Waals surface area contributed by atoms with Gasteiger partial charge in [0, 0.05) is 59.0 Å². The number of likely N-dealkylation sites (tertiary alicyclic amines) is 1. The standard InChI is InChI=1S/C27H42N4O4/c1-34-20-26(32)31-19-23(16-25(31)27(33)29-13-11-28-12-14-29)30(17-21-7-4-3-5-8-21)18-22-9-6-10-24(15-22)35-2/h6,9-10,15,21,23,25,28H,3-5,7-8,11-14,16-20H2,1-2H3. The van der Waals surface area contributed by atoms with Crippen LogP contribution in [-0.4, -0.2) is 98.7 Å². The smallest absolute Gasteiger partial charge is 0.249 e. The van der Waals surface area contributed by atoms with Crippen LogP contribution >= 0.6 is 0 Å². The van der Waals surface area contributed by atoms with Gasteiger partial charge in [0.05, 0.1) is 7.11 Å². The summed E-state index contributed by atoms with van der Waals surface area (Å²) < 4.78 is 10.6. The molecule has 1 saturated carbocycles. The Morgan fingerprint density at radius 3 is 2.60 bits per heavy atom. The Hall–Kier alpha value is -2.16. The van der Waals surface area contributed by atoms with E-state index >= 15 is 0 Å². The number of nitrogens with zero attached hydrogens (tertiary/aromatic N) is 3. The maximum absolute atomic E-state index is 13.5. The first-order valence-electron chi connectivity index (χ1n) is 13.2. The van der Waals surface area contributed by atoms with Gasteiger partial charge in [-0.1, -0.05) is 31.4 Å². The van der Waals surface area contributed by atoms with Gasteiger partial charge in [-0.05, 0) is 42.9 Å². The van der Waals surface area contributed by atoms with Crippen molar-refractivity contribution in [1.29, 1.82) is 0 Å². The van der Waals surface area contributed by atoms with Crippen LogP contribution in [0.4, 0.5) is 0 Å². The lowest BCUT2D eigenvalue weighted by atomic mass is 9.88. The maximum Gasteiger partial charge on any atom is 0.249 e. The zero-order valence-corrected chi connectivity index (χ0v) is 21.4. The highest BCUT2D eigenvalue weighted by Crippen LogP contribution is 2.30. The summed E-state index contributed by atoms with van der Waals surface area (Å²) in [6.45, 7) is 5.37. The molecule has 3 aliphatic rings. The van der Waals surface area contributed by atoms with Crippen molar-refractivity contribution in [3.63, 3.8) is 0 Å². The average Bonchev–Trinajstić information content (AvgIpc) is 3.35. The van der Waals surface area contributed by atoms with E-state index in [-0.39, 0.29) is 24.5 Å². The van der Waals surface area contributed by atoms with Crippen LogP contribution in [-0.2, 0) is 20.9 Å². The number of rotatable bonds is 9. The number of methoxy groups -OCH3 is 2. The lowest BCUT2D eigenvalue weighted by molar-refractivity contribution is -0.146. The fourth-order valence-electron chi connectivity index (χ4n) is 5.94. The van der Waals surface area contributed by atoms with Gasteiger partial charge in [-0.15, -0.1) is 0 Å². The number of ether oxygens (including phenoxy) is 2. The molecule has 8 heteroatoms. The van der Waals surface area contributed by atoms with E-state index in [0.717, 1.165) is 31.9 Å². The lowest BCUT2D eigenvalue weighted by Crippen LogP contribution is -2.53. The third kappa shape index (κ3) is 6.74. The second-order valence-corrected chi connectivity index (χ2v) is 10.2. The minimum Gasteiger partial charge on any atom is -0.497 e. The molecule has 1 N–H and O–H groups in total. The number of carbonyl (C=O) groups is 2. The van der Waals surface area contributed by atoms with Crippen LogP contribution in [0.2, 0.25) is 0 Å². The van der Waals surface area contributed by atoms with Crippen molar-refractivity contribution in [2.24, 2.45) is 5.92 Å². The fourth-order valence-corrected chi connectivity index (χ4v) is 5.94. The highest BCUT2D eigenvalue weighted by molar-refractivity contribution is 5.89. The van der Waals surface area contributed by atoms with Crippen molar-refractivity contribution in [1.82, 2.24) is 20.0 Å². The molecule has 1 aromatic rings. The van der Waals surface area contributed by atoms with Gasteiger partial charge in [0.2, 0.25) is 11.8 Å². The van der Waals surface area contributed by atoms with Gasteiger partial charge in [-0.25, -0.2) is 0 Å². The Bertz CT molecular complexity index is 838. The number of amides is 2. The molecule has 4 rings (SSSR count). The summed E-state index contributed by atoms with van der Waals surface area (Å²) in [6, 6.07) is 7.97. The topological polar surface area (TPSA) is 74.4 Å².